The van der Waals surface area contributed by atoms with Crippen molar-refractivity contribution >= 4 is 45.1 Å². The molecule has 0 atom stereocenters. The fourth-order valence-electron chi connectivity index (χ4n) is 4.17. The molecule has 2 aromatic carbocycles. The molecular formula is C26H29ClF3N3O6S. The summed E-state index contributed by atoms with van der Waals surface area (Å²) in [6.07, 6.45) is -1.29. The van der Waals surface area contributed by atoms with E-state index in [-0.39, 0.29) is 16.7 Å². The van der Waals surface area contributed by atoms with Gasteiger partial charge in [-0.3, -0.25) is 14.3 Å². The van der Waals surface area contributed by atoms with E-state index < -0.39 is 27.6 Å². The van der Waals surface area contributed by atoms with Crippen LogP contribution >= 0.6 is 11.6 Å². The number of carboxylic acids is 1. The summed E-state index contributed by atoms with van der Waals surface area (Å²) in [5.41, 5.74) is 1.54. The molecule has 1 saturated heterocycles. The summed E-state index contributed by atoms with van der Waals surface area (Å²) in [5, 5.41) is 10.5. The average Bonchev–Trinajstić information content (AvgIpc) is 3.59. The standard InChI is InChI=1S/C24H28ClN3O4S.C2HF3O2/c1-17-5-10-20(16-21(17)25)33(31,32)27-19-8-6-18(7-9-19)24(11-12-24)23(30)26-13-3-15-28-14-2-4-22(28)29;3-2(4,5)1(6)7/h5-10,16,27H,2-4,11-15H2,1H3,(H,26,30);(H,6,7). The lowest BCUT2D eigenvalue weighted by Gasteiger charge is -2.18. The van der Waals surface area contributed by atoms with Gasteiger partial charge in [0.25, 0.3) is 10.0 Å². The van der Waals surface area contributed by atoms with E-state index in [1.807, 2.05) is 11.8 Å². The monoisotopic (exact) mass is 603 g/mol. The predicted octanol–water partition coefficient (Wildman–Crippen LogP) is 4.24. The van der Waals surface area contributed by atoms with E-state index in [9.17, 15) is 31.2 Å². The van der Waals surface area contributed by atoms with Crippen LogP contribution in [0.1, 0.15) is 43.2 Å². The van der Waals surface area contributed by atoms with Crippen LogP contribution in [0.3, 0.4) is 0 Å². The summed E-state index contributed by atoms with van der Waals surface area (Å²) in [6.45, 7) is 3.82. The van der Waals surface area contributed by atoms with Gasteiger partial charge in [0.2, 0.25) is 11.8 Å². The maximum Gasteiger partial charge on any atom is 0.490 e. The van der Waals surface area contributed by atoms with Crippen LogP contribution in [0.4, 0.5) is 18.9 Å². The van der Waals surface area contributed by atoms with Crippen molar-refractivity contribution in [1.29, 1.82) is 0 Å². The molecule has 9 nitrogen and oxygen atoms in total. The number of benzene rings is 2. The first-order valence-corrected chi connectivity index (χ1v) is 14.3. The molecule has 0 radical (unpaired) electrons. The molecule has 2 aromatic rings. The number of halogens is 4. The minimum Gasteiger partial charge on any atom is -0.475 e. The predicted molar refractivity (Wildman–Crippen MR) is 141 cm³/mol. The van der Waals surface area contributed by atoms with Gasteiger partial charge in [-0.15, -0.1) is 0 Å². The zero-order valence-corrected chi connectivity index (χ0v) is 23.1. The Morgan fingerprint density at radius 2 is 1.75 bits per heavy atom. The number of hydrogen-bond acceptors (Lipinski definition) is 5. The Balaban J connectivity index is 0.000000559. The number of hydrogen-bond donors (Lipinski definition) is 3. The van der Waals surface area contributed by atoms with Gasteiger partial charge in [0.1, 0.15) is 0 Å². The van der Waals surface area contributed by atoms with Gasteiger partial charge in [-0.2, -0.15) is 13.2 Å². The number of aliphatic carboxylic acids is 1. The number of amides is 2. The molecule has 1 heterocycles. The number of rotatable bonds is 9. The molecule has 14 heteroatoms. The molecule has 0 bridgehead atoms. The number of nitrogens with one attached hydrogen (secondary N) is 2. The van der Waals surface area contributed by atoms with Crippen LogP contribution in [0.2, 0.25) is 5.02 Å². The number of aryl methyl sites for hydroxylation is 1. The molecule has 2 amide bonds. The summed E-state index contributed by atoms with van der Waals surface area (Å²) in [7, 11) is -3.77. The third kappa shape index (κ3) is 7.87. The van der Waals surface area contributed by atoms with Crippen molar-refractivity contribution in [3.05, 3.63) is 58.6 Å². The molecule has 218 valence electrons. The van der Waals surface area contributed by atoms with Crippen LogP contribution in [0, 0.1) is 6.92 Å². The molecule has 1 saturated carbocycles. The van der Waals surface area contributed by atoms with Crippen molar-refractivity contribution in [1.82, 2.24) is 10.2 Å². The summed E-state index contributed by atoms with van der Waals surface area (Å²) >= 11 is 6.07. The normalized spacial score (nSPS) is 16.1. The lowest BCUT2D eigenvalue weighted by molar-refractivity contribution is -0.192. The lowest BCUT2D eigenvalue weighted by Crippen LogP contribution is -2.36. The fourth-order valence-corrected chi connectivity index (χ4v) is 5.50. The number of carboxylic acid groups (broad SMARTS) is 1. The maximum absolute atomic E-state index is 12.8. The van der Waals surface area contributed by atoms with Crippen molar-refractivity contribution in [2.24, 2.45) is 0 Å². The molecule has 0 spiro atoms. The van der Waals surface area contributed by atoms with Gasteiger partial charge in [0, 0.05) is 36.8 Å². The number of carbonyl (C=O) groups excluding carboxylic acids is 2. The Labute approximate surface area is 234 Å². The molecule has 2 fully saturated rings. The molecule has 3 N–H and O–H groups in total. The number of sulfonamides is 1. The van der Waals surface area contributed by atoms with Gasteiger partial charge in [0.05, 0.1) is 10.3 Å². The van der Waals surface area contributed by atoms with Crippen molar-refractivity contribution in [3.8, 4) is 0 Å². The average molecular weight is 604 g/mol. The van der Waals surface area contributed by atoms with Crippen molar-refractivity contribution in [2.45, 2.75) is 55.5 Å². The highest BCUT2D eigenvalue weighted by molar-refractivity contribution is 7.92. The van der Waals surface area contributed by atoms with Crippen LogP contribution in [0.15, 0.2) is 47.4 Å². The van der Waals surface area contributed by atoms with Crippen LogP contribution in [0.5, 0.6) is 0 Å². The summed E-state index contributed by atoms with van der Waals surface area (Å²) in [6, 6.07) is 11.6. The minimum atomic E-state index is -5.08. The van der Waals surface area contributed by atoms with Gasteiger partial charge in [-0.25, -0.2) is 13.2 Å². The largest absolute Gasteiger partial charge is 0.490 e. The van der Waals surface area contributed by atoms with Gasteiger partial charge in [-0.1, -0.05) is 29.8 Å². The van der Waals surface area contributed by atoms with Crippen LogP contribution in [-0.2, 0) is 29.8 Å². The highest BCUT2D eigenvalue weighted by Crippen LogP contribution is 2.48. The number of anilines is 1. The second-order valence-electron chi connectivity index (χ2n) is 9.57. The molecule has 0 unspecified atom stereocenters. The van der Waals surface area contributed by atoms with Gasteiger partial charge in [-0.05, 0) is 68.0 Å². The van der Waals surface area contributed by atoms with Crippen LogP contribution < -0.4 is 10.0 Å². The fraction of sp³-hybridized carbons (Fsp3) is 0.423. The summed E-state index contributed by atoms with van der Waals surface area (Å²) in [4.78, 5) is 35.3. The Bertz CT molecular complexity index is 1360. The summed E-state index contributed by atoms with van der Waals surface area (Å²) < 4.78 is 59.6. The SMILES string of the molecule is Cc1ccc(S(=O)(=O)Nc2ccc(C3(C(=O)NCCCN4CCCC4=O)CC3)cc2)cc1Cl.O=C(O)C(F)(F)F. The van der Waals surface area contributed by atoms with E-state index in [0.29, 0.717) is 30.2 Å². The number of nitrogens with zero attached hydrogens (tertiary/aromatic N) is 1. The Morgan fingerprint density at radius 1 is 1.12 bits per heavy atom. The van der Waals surface area contributed by atoms with E-state index in [1.165, 1.54) is 12.1 Å². The maximum atomic E-state index is 12.8. The van der Waals surface area contributed by atoms with E-state index in [4.69, 9.17) is 21.5 Å². The highest BCUT2D eigenvalue weighted by atomic mass is 35.5. The van der Waals surface area contributed by atoms with Crippen LogP contribution in [-0.4, -0.2) is 62.0 Å². The zero-order chi connectivity index (χ0) is 29.7. The topological polar surface area (TPSA) is 133 Å². The first-order valence-electron chi connectivity index (χ1n) is 12.4. The molecule has 0 aromatic heterocycles. The van der Waals surface area contributed by atoms with E-state index in [1.54, 1.807) is 30.3 Å². The first-order chi connectivity index (χ1) is 18.7. The third-order valence-corrected chi connectivity index (χ3v) is 8.42. The van der Waals surface area contributed by atoms with E-state index in [2.05, 4.69) is 10.0 Å². The minimum absolute atomic E-state index is 0.0159. The number of carbonyl (C=O) groups is 3. The second-order valence-corrected chi connectivity index (χ2v) is 11.7. The molecular weight excluding hydrogens is 575 g/mol. The van der Waals surface area contributed by atoms with Crippen LogP contribution in [0.25, 0.3) is 0 Å². The Kier molecular flexibility index (Phi) is 9.72. The van der Waals surface area contributed by atoms with Gasteiger partial charge >= 0.3 is 12.1 Å². The van der Waals surface area contributed by atoms with E-state index >= 15 is 0 Å². The smallest absolute Gasteiger partial charge is 0.475 e. The van der Waals surface area contributed by atoms with Crippen molar-refractivity contribution < 1.29 is 41.1 Å². The molecule has 1 aliphatic carbocycles. The third-order valence-electron chi connectivity index (χ3n) is 6.63. The molecule has 40 heavy (non-hydrogen) atoms. The number of alkyl halides is 3. The Hall–Kier alpha value is -3.32. The second kappa shape index (κ2) is 12.5. The van der Waals surface area contributed by atoms with E-state index in [0.717, 1.165) is 43.4 Å². The first kappa shape index (κ1) is 31.2. The molecule has 4 rings (SSSR count). The zero-order valence-electron chi connectivity index (χ0n) is 21.6. The lowest BCUT2D eigenvalue weighted by atomic mass is 9.95. The molecule has 1 aliphatic heterocycles. The molecule has 2 aliphatic rings. The highest BCUT2D eigenvalue weighted by Gasteiger charge is 2.51. The van der Waals surface area contributed by atoms with Crippen molar-refractivity contribution in [2.75, 3.05) is 24.4 Å². The van der Waals surface area contributed by atoms with Crippen molar-refractivity contribution in [3.63, 3.8) is 0 Å². The summed E-state index contributed by atoms with van der Waals surface area (Å²) in [5.74, 6) is -2.58. The number of likely N-dealkylation sites (tertiary alicyclic amines) is 1. The Morgan fingerprint density at radius 3 is 2.25 bits per heavy atom. The van der Waals surface area contributed by atoms with Gasteiger partial charge in [0.15, 0.2) is 0 Å². The quantitative estimate of drug-likeness (QED) is 0.367. The van der Waals surface area contributed by atoms with Gasteiger partial charge < -0.3 is 15.3 Å².